The van der Waals surface area contributed by atoms with Crippen LogP contribution in [0.4, 0.5) is 0 Å². The Morgan fingerprint density at radius 3 is 2.58 bits per heavy atom. The second-order valence-corrected chi connectivity index (χ2v) is 5.69. The van der Waals surface area contributed by atoms with E-state index in [4.69, 9.17) is 9.47 Å². The summed E-state index contributed by atoms with van der Waals surface area (Å²) in [6.45, 7) is 2.12. The average molecular weight is 325 g/mol. The van der Waals surface area contributed by atoms with E-state index in [0.717, 1.165) is 5.56 Å². The quantitative estimate of drug-likeness (QED) is 0.828. The van der Waals surface area contributed by atoms with E-state index in [1.165, 1.54) is 0 Å². The molecule has 2 aromatic carbocycles. The maximum absolute atomic E-state index is 12.1. The van der Waals surface area contributed by atoms with Crippen LogP contribution in [0, 0.1) is 0 Å². The molecular formula is C19H19NO4. The molecule has 0 saturated heterocycles. The van der Waals surface area contributed by atoms with Gasteiger partial charge in [0.15, 0.2) is 17.3 Å². The molecule has 5 heteroatoms. The first kappa shape index (κ1) is 16.1. The minimum absolute atomic E-state index is 0.0264. The summed E-state index contributed by atoms with van der Waals surface area (Å²) in [7, 11) is 0. The third kappa shape index (κ3) is 3.74. The smallest absolute Gasteiger partial charge is 0.231 e. The Balaban J connectivity index is 1.52. The highest BCUT2D eigenvalue weighted by Crippen LogP contribution is 2.34. The molecule has 0 radical (unpaired) electrons. The number of hydrogen-bond donors (Lipinski definition) is 1. The number of fused-ring (bicyclic) bond motifs is 1. The van der Waals surface area contributed by atoms with Crippen molar-refractivity contribution in [1.29, 1.82) is 0 Å². The van der Waals surface area contributed by atoms with E-state index >= 15 is 0 Å². The largest absolute Gasteiger partial charge is 0.454 e. The molecule has 1 aliphatic rings. The SMILES string of the molecule is C[C@H](NC(=O)CCC(=O)c1ccccc1)c1ccc2c(c1)OCO2. The van der Waals surface area contributed by atoms with Gasteiger partial charge in [0.05, 0.1) is 6.04 Å². The Hall–Kier alpha value is -2.82. The van der Waals surface area contributed by atoms with Gasteiger partial charge in [-0.3, -0.25) is 9.59 Å². The van der Waals surface area contributed by atoms with Gasteiger partial charge in [0.1, 0.15) is 0 Å². The van der Waals surface area contributed by atoms with Crippen molar-refractivity contribution in [2.24, 2.45) is 0 Å². The second kappa shape index (κ2) is 7.17. The highest BCUT2D eigenvalue weighted by Gasteiger charge is 2.17. The molecule has 0 bridgehead atoms. The molecule has 5 nitrogen and oxygen atoms in total. The van der Waals surface area contributed by atoms with Crippen molar-refractivity contribution in [1.82, 2.24) is 5.32 Å². The van der Waals surface area contributed by atoms with E-state index in [1.807, 2.05) is 43.3 Å². The van der Waals surface area contributed by atoms with Gasteiger partial charge in [0, 0.05) is 18.4 Å². The van der Waals surface area contributed by atoms with E-state index in [1.54, 1.807) is 12.1 Å². The summed E-state index contributed by atoms with van der Waals surface area (Å²) < 4.78 is 10.6. The minimum Gasteiger partial charge on any atom is -0.454 e. The predicted octanol–water partition coefficient (Wildman–Crippen LogP) is 3.26. The second-order valence-electron chi connectivity index (χ2n) is 5.69. The number of benzene rings is 2. The molecule has 124 valence electrons. The van der Waals surface area contributed by atoms with Gasteiger partial charge < -0.3 is 14.8 Å². The molecule has 1 amide bonds. The third-order valence-corrected chi connectivity index (χ3v) is 3.95. The Bertz CT molecular complexity index is 742. The van der Waals surface area contributed by atoms with E-state index in [2.05, 4.69) is 5.32 Å². The van der Waals surface area contributed by atoms with Gasteiger partial charge in [0.25, 0.3) is 0 Å². The number of nitrogens with one attached hydrogen (secondary N) is 1. The van der Waals surface area contributed by atoms with Crippen LogP contribution in [0.2, 0.25) is 0 Å². The summed E-state index contributed by atoms with van der Waals surface area (Å²) in [4.78, 5) is 24.1. The molecule has 0 spiro atoms. The van der Waals surface area contributed by atoms with Gasteiger partial charge >= 0.3 is 0 Å². The molecule has 1 atom stereocenters. The Morgan fingerprint density at radius 2 is 1.79 bits per heavy atom. The van der Waals surface area contributed by atoms with Crippen LogP contribution < -0.4 is 14.8 Å². The van der Waals surface area contributed by atoms with Crippen molar-refractivity contribution in [2.45, 2.75) is 25.8 Å². The van der Waals surface area contributed by atoms with Gasteiger partial charge in [-0.25, -0.2) is 0 Å². The summed E-state index contributed by atoms with van der Waals surface area (Å²) in [6.07, 6.45) is 0.367. The van der Waals surface area contributed by atoms with Crippen molar-refractivity contribution < 1.29 is 19.1 Å². The van der Waals surface area contributed by atoms with Crippen molar-refractivity contribution in [2.75, 3.05) is 6.79 Å². The molecule has 2 aromatic rings. The highest BCUT2D eigenvalue weighted by atomic mass is 16.7. The first-order valence-electron chi connectivity index (χ1n) is 7.90. The van der Waals surface area contributed by atoms with Crippen LogP contribution in [0.25, 0.3) is 0 Å². The first-order chi connectivity index (χ1) is 11.6. The van der Waals surface area contributed by atoms with Crippen LogP contribution in [0.3, 0.4) is 0 Å². The maximum Gasteiger partial charge on any atom is 0.231 e. The highest BCUT2D eigenvalue weighted by molar-refractivity contribution is 5.97. The third-order valence-electron chi connectivity index (χ3n) is 3.95. The van der Waals surface area contributed by atoms with Crippen LogP contribution in [0.1, 0.15) is 41.7 Å². The van der Waals surface area contributed by atoms with Crippen molar-refractivity contribution in [3.8, 4) is 11.5 Å². The Kier molecular flexibility index (Phi) is 4.79. The number of ketones is 1. The van der Waals surface area contributed by atoms with Crippen molar-refractivity contribution in [3.63, 3.8) is 0 Å². The minimum atomic E-state index is -0.168. The molecule has 1 heterocycles. The summed E-state index contributed by atoms with van der Waals surface area (Å²) in [5.74, 6) is 1.23. The number of amides is 1. The monoisotopic (exact) mass is 325 g/mol. The van der Waals surface area contributed by atoms with Gasteiger partial charge in [-0.1, -0.05) is 36.4 Å². The predicted molar refractivity (Wildman–Crippen MR) is 89.1 cm³/mol. The molecule has 3 rings (SSSR count). The van der Waals surface area contributed by atoms with E-state index in [0.29, 0.717) is 17.1 Å². The number of rotatable bonds is 6. The standard InChI is InChI=1S/C19H19NO4/c1-13(15-7-9-17-18(11-15)24-12-23-17)20-19(22)10-8-16(21)14-5-3-2-4-6-14/h2-7,9,11,13H,8,10,12H2,1H3,(H,20,22)/t13-/m0/s1. The molecule has 1 N–H and O–H groups in total. The lowest BCUT2D eigenvalue weighted by molar-refractivity contribution is -0.121. The lowest BCUT2D eigenvalue weighted by Gasteiger charge is -2.14. The number of carbonyl (C=O) groups excluding carboxylic acids is 2. The van der Waals surface area contributed by atoms with Crippen LogP contribution in [0.15, 0.2) is 48.5 Å². The van der Waals surface area contributed by atoms with Crippen molar-refractivity contribution in [3.05, 3.63) is 59.7 Å². The fourth-order valence-corrected chi connectivity index (χ4v) is 2.57. The fraction of sp³-hybridized carbons (Fsp3) is 0.263. The zero-order valence-electron chi connectivity index (χ0n) is 13.5. The number of ether oxygens (including phenoxy) is 2. The van der Waals surface area contributed by atoms with Gasteiger partial charge in [0.2, 0.25) is 12.7 Å². The number of carbonyl (C=O) groups is 2. The molecule has 0 saturated carbocycles. The Labute approximate surface area is 140 Å². The summed E-state index contributed by atoms with van der Waals surface area (Å²) in [6, 6.07) is 14.4. The lowest BCUT2D eigenvalue weighted by Crippen LogP contribution is -2.26. The van der Waals surface area contributed by atoms with E-state index in [-0.39, 0.29) is 37.4 Å². The topological polar surface area (TPSA) is 64.6 Å². The Morgan fingerprint density at radius 1 is 1.04 bits per heavy atom. The normalized spacial score (nSPS) is 13.4. The fourth-order valence-electron chi connectivity index (χ4n) is 2.57. The van der Waals surface area contributed by atoms with Gasteiger partial charge in [-0.2, -0.15) is 0 Å². The zero-order valence-corrected chi connectivity index (χ0v) is 13.5. The number of Topliss-reactive ketones (excluding diaryl/α,β-unsaturated/α-hetero) is 1. The molecular weight excluding hydrogens is 306 g/mol. The van der Waals surface area contributed by atoms with Crippen LogP contribution in [-0.2, 0) is 4.79 Å². The summed E-state index contributed by atoms with van der Waals surface area (Å²) >= 11 is 0. The molecule has 0 aromatic heterocycles. The van der Waals surface area contributed by atoms with Gasteiger partial charge in [-0.05, 0) is 24.6 Å². The van der Waals surface area contributed by atoms with E-state index in [9.17, 15) is 9.59 Å². The van der Waals surface area contributed by atoms with Gasteiger partial charge in [-0.15, -0.1) is 0 Å². The molecule has 0 unspecified atom stereocenters. The molecule has 1 aliphatic heterocycles. The van der Waals surface area contributed by atoms with Crippen LogP contribution in [0.5, 0.6) is 11.5 Å². The molecule has 24 heavy (non-hydrogen) atoms. The first-order valence-corrected chi connectivity index (χ1v) is 7.90. The summed E-state index contributed by atoms with van der Waals surface area (Å²) in [5.41, 5.74) is 1.57. The van der Waals surface area contributed by atoms with Crippen molar-refractivity contribution >= 4 is 11.7 Å². The molecule has 0 aliphatic carbocycles. The maximum atomic E-state index is 12.1. The molecule has 0 fully saturated rings. The van der Waals surface area contributed by atoms with Crippen LogP contribution >= 0.6 is 0 Å². The van der Waals surface area contributed by atoms with Crippen LogP contribution in [-0.4, -0.2) is 18.5 Å². The number of hydrogen-bond acceptors (Lipinski definition) is 4. The summed E-state index contributed by atoms with van der Waals surface area (Å²) in [5, 5.41) is 2.91. The van der Waals surface area contributed by atoms with E-state index < -0.39 is 0 Å². The zero-order chi connectivity index (χ0) is 16.9. The average Bonchev–Trinajstić information content (AvgIpc) is 3.08. The lowest BCUT2D eigenvalue weighted by atomic mass is 10.1.